The van der Waals surface area contributed by atoms with E-state index in [9.17, 15) is 4.79 Å². The molecule has 0 atom stereocenters. The predicted molar refractivity (Wildman–Crippen MR) is 66.7 cm³/mol. The first-order valence-corrected chi connectivity index (χ1v) is 5.74. The summed E-state index contributed by atoms with van der Waals surface area (Å²) in [7, 11) is 0. The van der Waals surface area contributed by atoms with Crippen LogP contribution in [0.15, 0.2) is 45.9 Å². The minimum absolute atomic E-state index is 0.306. The number of imidazole rings is 1. The number of hydrogen-bond donors (Lipinski definition) is 1. The molecule has 0 saturated heterocycles. The van der Waals surface area contributed by atoms with Crippen LogP contribution < -0.4 is 5.69 Å². The van der Waals surface area contributed by atoms with Crippen LogP contribution in [0, 0.1) is 0 Å². The molecule has 1 N–H and O–H groups in total. The van der Waals surface area contributed by atoms with Crippen molar-refractivity contribution >= 4 is 21.4 Å². The van der Waals surface area contributed by atoms with Crippen molar-refractivity contribution < 1.29 is 0 Å². The summed E-state index contributed by atoms with van der Waals surface area (Å²) in [5, 5.41) is 6.15. The smallest absolute Gasteiger partial charge is 0.246 e. The van der Waals surface area contributed by atoms with Crippen molar-refractivity contribution in [3.63, 3.8) is 0 Å². The van der Waals surface area contributed by atoms with Crippen molar-refractivity contribution in [1.82, 2.24) is 19.6 Å². The van der Waals surface area contributed by atoms with Gasteiger partial charge in [0.15, 0.2) is 0 Å². The lowest BCUT2D eigenvalue weighted by atomic mass is 10.2. The van der Waals surface area contributed by atoms with Gasteiger partial charge in [0.1, 0.15) is 15.9 Å². The molecule has 2 aromatic heterocycles. The van der Waals surface area contributed by atoms with Gasteiger partial charge < -0.3 is 0 Å². The first kappa shape index (κ1) is 10.2. The van der Waals surface area contributed by atoms with E-state index in [0.717, 1.165) is 5.56 Å². The van der Waals surface area contributed by atoms with E-state index in [1.165, 1.54) is 4.40 Å². The maximum Gasteiger partial charge on any atom is 0.348 e. The molecule has 0 aliphatic carbocycles. The summed E-state index contributed by atoms with van der Waals surface area (Å²) in [5.41, 5.74) is 1.22. The zero-order valence-corrected chi connectivity index (χ0v) is 10.2. The number of nitrogens with one attached hydrogen (secondary N) is 1. The molecule has 0 bridgehead atoms. The second-order valence-electron chi connectivity index (χ2n) is 3.49. The highest BCUT2D eigenvalue weighted by atomic mass is 79.9. The largest absolute Gasteiger partial charge is 0.348 e. The Morgan fingerprint density at radius 3 is 2.76 bits per heavy atom. The van der Waals surface area contributed by atoms with E-state index in [1.807, 2.05) is 30.3 Å². The summed E-state index contributed by atoms with van der Waals surface area (Å²) in [5.74, 6) is 0.594. The fourth-order valence-corrected chi connectivity index (χ4v) is 2.15. The molecule has 6 heteroatoms. The molecule has 0 aliphatic rings. The average Bonchev–Trinajstić information content (AvgIpc) is 2.70. The van der Waals surface area contributed by atoms with Gasteiger partial charge in [-0.2, -0.15) is 5.10 Å². The Labute approximate surface area is 104 Å². The van der Waals surface area contributed by atoms with E-state index >= 15 is 0 Å². The molecule has 5 nitrogen and oxygen atoms in total. The SMILES string of the molecule is O=c1[nH]ncc2c(Br)nc(-c3ccccc3)n12. The van der Waals surface area contributed by atoms with E-state index in [0.29, 0.717) is 15.9 Å². The highest BCUT2D eigenvalue weighted by molar-refractivity contribution is 9.10. The predicted octanol–water partition coefficient (Wildman–Crippen LogP) is 1.85. The van der Waals surface area contributed by atoms with Crippen LogP contribution in [0.3, 0.4) is 0 Å². The molecule has 0 amide bonds. The van der Waals surface area contributed by atoms with Crippen molar-refractivity contribution in [2.75, 3.05) is 0 Å². The summed E-state index contributed by atoms with van der Waals surface area (Å²) in [4.78, 5) is 16.1. The van der Waals surface area contributed by atoms with Gasteiger partial charge in [0.2, 0.25) is 0 Å². The van der Waals surface area contributed by atoms with Crippen molar-refractivity contribution in [3.8, 4) is 11.4 Å². The molecule has 0 fully saturated rings. The zero-order chi connectivity index (χ0) is 11.8. The van der Waals surface area contributed by atoms with Crippen LogP contribution in [0.25, 0.3) is 16.9 Å². The van der Waals surface area contributed by atoms with Crippen molar-refractivity contribution in [2.24, 2.45) is 0 Å². The number of benzene rings is 1. The standard InChI is InChI=1S/C11H7BrN4O/c12-9-8-6-13-15-11(17)16(8)10(14-9)7-4-2-1-3-5-7/h1-6H,(H,15,17). The monoisotopic (exact) mass is 290 g/mol. The third kappa shape index (κ3) is 1.57. The van der Waals surface area contributed by atoms with E-state index < -0.39 is 0 Å². The Kier molecular flexibility index (Phi) is 2.29. The van der Waals surface area contributed by atoms with Gasteiger partial charge >= 0.3 is 5.69 Å². The topological polar surface area (TPSA) is 63.0 Å². The second kappa shape index (κ2) is 3.81. The molecular weight excluding hydrogens is 284 g/mol. The van der Waals surface area contributed by atoms with E-state index in [-0.39, 0.29) is 5.69 Å². The first-order chi connectivity index (χ1) is 8.27. The maximum atomic E-state index is 11.8. The van der Waals surface area contributed by atoms with Crippen LogP contribution in [-0.2, 0) is 0 Å². The Morgan fingerprint density at radius 1 is 1.24 bits per heavy atom. The number of fused-ring (bicyclic) bond motifs is 1. The quantitative estimate of drug-likeness (QED) is 0.744. The number of aromatic amines is 1. The minimum Gasteiger partial charge on any atom is -0.246 e. The van der Waals surface area contributed by atoms with Crippen LogP contribution in [0.1, 0.15) is 0 Å². The summed E-state index contributed by atoms with van der Waals surface area (Å²) in [6.07, 6.45) is 1.56. The van der Waals surface area contributed by atoms with Gasteiger partial charge in [0.25, 0.3) is 0 Å². The lowest BCUT2D eigenvalue weighted by molar-refractivity contribution is 0.889. The third-order valence-corrected chi connectivity index (χ3v) is 3.03. The fourth-order valence-electron chi connectivity index (χ4n) is 1.70. The molecule has 1 aromatic carbocycles. The summed E-state index contributed by atoms with van der Waals surface area (Å²) < 4.78 is 2.10. The van der Waals surface area contributed by atoms with Gasteiger partial charge in [-0.15, -0.1) is 0 Å². The van der Waals surface area contributed by atoms with Gasteiger partial charge in [0, 0.05) is 5.56 Å². The van der Waals surface area contributed by atoms with E-state index in [4.69, 9.17) is 0 Å². The van der Waals surface area contributed by atoms with Crippen molar-refractivity contribution in [2.45, 2.75) is 0 Å². The number of hydrogen-bond acceptors (Lipinski definition) is 3. The second-order valence-corrected chi connectivity index (χ2v) is 4.24. The molecule has 0 saturated carbocycles. The lowest BCUT2D eigenvalue weighted by Crippen LogP contribution is -2.17. The van der Waals surface area contributed by atoms with E-state index in [2.05, 4.69) is 31.1 Å². The zero-order valence-electron chi connectivity index (χ0n) is 8.59. The Bertz CT molecular complexity index is 732. The maximum absolute atomic E-state index is 11.8. The molecule has 0 unspecified atom stereocenters. The number of halogens is 1. The van der Waals surface area contributed by atoms with Gasteiger partial charge in [-0.25, -0.2) is 19.3 Å². The number of nitrogens with zero attached hydrogens (tertiary/aromatic N) is 3. The number of H-pyrrole nitrogens is 1. The molecule has 84 valence electrons. The first-order valence-electron chi connectivity index (χ1n) is 4.94. The summed E-state index contributed by atoms with van der Waals surface area (Å²) in [6, 6.07) is 9.53. The number of rotatable bonds is 1. The van der Waals surface area contributed by atoms with Gasteiger partial charge in [-0.3, -0.25) is 0 Å². The van der Waals surface area contributed by atoms with Crippen molar-refractivity contribution in [1.29, 1.82) is 0 Å². The van der Waals surface area contributed by atoms with Gasteiger partial charge in [0.05, 0.1) is 6.20 Å². The van der Waals surface area contributed by atoms with Crippen LogP contribution in [0.5, 0.6) is 0 Å². The van der Waals surface area contributed by atoms with Gasteiger partial charge in [-0.1, -0.05) is 30.3 Å². The number of aromatic nitrogens is 4. The molecule has 3 rings (SSSR count). The minimum atomic E-state index is -0.306. The molecule has 0 aliphatic heterocycles. The van der Waals surface area contributed by atoms with Crippen LogP contribution >= 0.6 is 15.9 Å². The lowest BCUT2D eigenvalue weighted by Gasteiger charge is -1.98. The molecule has 17 heavy (non-hydrogen) atoms. The average molecular weight is 291 g/mol. The highest BCUT2D eigenvalue weighted by Crippen LogP contribution is 2.23. The van der Waals surface area contributed by atoms with Crippen LogP contribution in [0.4, 0.5) is 0 Å². The molecule has 0 spiro atoms. The Balaban J connectivity index is 2.43. The highest BCUT2D eigenvalue weighted by Gasteiger charge is 2.12. The summed E-state index contributed by atoms with van der Waals surface area (Å²) in [6.45, 7) is 0. The molecule has 0 radical (unpaired) electrons. The van der Waals surface area contributed by atoms with Gasteiger partial charge in [-0.05, 0) is 15.9 Å². The Morgan fingerprint density at radius 2 is 2.00 bits per heavy atom. The Hall–Kier alpha value is -1.95. The third-order valence-electron chi connectivity index (χ3n) is 2.45. The molecular formula is C11H7BrN4O. The van der Waals surface area contributed by atoms with Crippen LogP contribution in [0.2, 0.25) is 0 Å². The van der Waals surface area contributed by atoms with Crippen LogP contribution in [-0.4, -0.2) is 19.6 Å². The molecule has 3 aromatic rings. The summed E-state index contributed by atoms with van der Waals surface area (Å²) >= 11 is 3.32. The fraction of sp³-hybridized carbons (Fsp3) is 0. The molecule has 2 heterocycles. The van der Waals surface area contributed by atoms with E-state index in [1.54, 1.807) is 6.20 Å². The van der Waals surface area contributed by atoms with Crippen molar-refractivity contribution in [3.05, 3.63) is 51.6 Å². The normalized spacial score (nSPS) is 10.9.